The van der Waals surface area contributed by atoms with Crippen molar-refractivity contribution in [3.05, 3.63) is 53.2 Å². The van der Waals surface area contributed by atoms with Gasteiger partial charge in [0, 0.05) is 36.2 Å². The van der Waals surface area contributed by atoms with Crippen LogP contribution in [0.3, 0.4) is 0 Å². The number of aromatic nitrogens is 1. The van der Waals surface area contributed by atoms with Gasteiger partial charge in [0.2, 0.25) is 17.6 Å². The number of piperazine rings is 1. The summed E-state index contributed by atoms with van der Waals surface area (Å²) >= 11 is 0. The van der Waals surface area contributed by atoms with Crippen LogP contribution in [0, 0.1) is 0 Å². The third-order valence-electron chi connectivity index (χ3n) is 7.79. The molecule has 0 unspecified atom stereocenters. The number of para-hydroxylation sites is 1. The normalized spacial score (nSPS) is 23.3. The molecule has 1 N–H and O–H groups in total. The predicted octanol–water partition coefficient (Wildman–Crippen LogP) is 3.06. The molecule has 2 amide bonds. The molecule has 0 aliphatic carbocycles. The highest BCUT2D eigenvalue weighted by atomic mass is 16.5. The second-order valence-electron chi connectivity index (χ2n) is 9.80. The number of fused-ring (bicyclic) bond motifs is 4. The monoisotopic (exact) mass is 505 g/mol. The molecule has 0 saturated carbocycles. The lowest BCUT2D eigenvalue weighted by Gasteiger charge is -2.47. The number of benzene rings is 2. The van der Waals surface area contributed by atoms with E-state index in [1.54, 1.807) is 31.1 Å². The Morgan fingerprint density at radius 1 is 1.05 bits per heavy atom. The van der Waals surface area contributed by atoms with Gasteiger partial charge in [-0.3, -0.25) is 9.59 Å². The van der Waals surface area contributed by atoms with Gasteiger partial charge in [-0.15, -0.1) is 0 Å². The molecule has 3 aliphatic heterocycles. The number of aromatic amines is 1. The molecule has 4 heterocycles. The van der Waals surface area contributed by atoms with Gasteiger partial charge in [0.1, 0.15) is 6.04 Å². The molecule has 2 saturated heterocycles. The Labute approximate surface area is 215 Å². The highest BCUT2D eigenvalue weighted by Gasteiger charge is 2.49. The van der Waals surface area contributed by atoms with Crippen molar-refractivity contribution in [1.82, 2.24) is 14.8 Å². The topological polar surface area (TPSA) is 93.3 Å². The van der Waals surface area contributed by atoms with E-state index in [0.717, 1.165) is 40.6 Å². The molecule has 2 aromatic carbocycles. The maximum absolute atomic E-state index is 13.9. The molecule has 9 heteroatoms. The number of rotatable bonds is 6. The molecular weight excluding hydrogens is 474 g/mol. The van der Waals surface area contributed by atoms with Crippen LogP contribution < -0.4 is 14.2 Å². The first-order valence-corrected chi connectivity index (χ1v) is 12.6. The van der Waals surface area contributed by atoms with Crippen LogP contribution in [-0.4, -0.2) is 79.8 Å². The van der Waals surface area contributed by atoms with E-state index in [1.807, 2.05) is 30.3 Å². The fraction of sp³-hybridized carbons (Fsp3) is 0.429. The zero-order chi connectivity index (χ0) is 25.7. The van der Waals surface area contributed by atoms with Crippen molar-refractivity contribution < 1.29 is 28.5 Å². The number of nitrogens with one attached hydrogen (secondary N) is 1. The molecule has 0 bridgehead atoms. The first kappa shape index (κ1) is 23.7. The third-order valence-corrected chi connectivity index (χ3v) is 7.79. The Hall–Kier alpha value is -3.72. The number of hydrogen-bond acceptors (Lipinski definition) is 6. The van der Waals surface area contributed by atoms with Gasteiger partial charge in [-0.2, -0.15) is 0 Å². The SMILES string of the molecule is COc1cc([C@H]2c3[nH]c4ccccc4c3C[C@@H]3C(=O)N(C[C@H]4CCCO4)CC(=O)N23)cc(OC)c1OC. The number of carbonyl (C=O) groups excluding carboxylic acids is 2. The summed E-state index contributed by atoms with van der Waals surface area (Å²) in [6.07, 6.45) is 2.33. The lowest BCUT2D eigenvalue weighted by Crippen LogP contribution is -2.63. The average Bonchev–Trinajstić information content (AvgIpc) is 3.57. The number of amides is 2. The van der Waals surface area contributed by atoms with E-state index >= 15 is 0 Å². The molecule has 194 valence electrons. The molecule has 2 fully saturated rings. The quantitative estimate of drug-likeness (QED) is 0.554. The summed E-state index contributed by atoms with van der Waals surface area (Å²) in [5.74, 6) is 1.33. The molecule has 3 aromatic rings. The van der Waals surface area contributed by atoms with Crippen molar-refractivity contribution in [2.24, 2.45) is 0 Å². The van der Waals surface area contributed by atoms with E-state index in [2.05, 4.69) is 11.1 Å². The van der Waals surface area contributed by atoms with Crippen LogP contribution in [0.2, 0.25) is 0 Å². The van der Waals surface area contributed by atoms with E-state index in [9.17, 15) is 9.59 Å². The highest BCUT2D eigenvalue weighted by molar-refractivity contribution is 5.97. The van der Waals surface area contributed by atoms with Gasteiger partial charge in [-0.25, -0.2) is 0 Å². The van der Waals surface area contributed by atoms with Crippen molar-refractivity contribution >= 4 is 22.7 Å². The van der Waals surface area contributed by atoms with E-state index < -0.39 is 12.1 Å². The smallest absolute Gasteiger partial charge is 0.246 e. The van der Waals surface area contributed by atoms with Gasteiger partial charge in [0.15, 0.2) is 11.5 Å². The summed E-state index contributed by atoms with van der Waals surface area (Å²) in [6.45, 7) is 1.19. The second-order valence-corrected chi connectivity index (χ2v) is 9.80. The molecule has 3 aliphatic rings. The van der Waals surface area contributed by atoms with E-state index in [-0.39, 0.29) is 24.5 Å². The minimum atomic E-state index is -0.613. The van der Waals surface area contributed by atoms with Crippen molar-refractivity contribution in [3.8, 4) is 17.2 Å². The van der Waals surface area contributed by atoms with Gasteiger partial charge in [0.25, 0.3) is 0 Å². The minimum absolute atomic E-state index is 0.0125. The van der Waals surface area contributed by atoms with Crippen molar-refractivity contribution in [3.63, 3.8) is 0 Å². The standard InChI is InChI=1S/C28H31N3O6/c1-34-22-11-16(12-23(35-2)27(22)36-3)26-25-19(18-8-4-5-9-20(18)29-25)13-21-28(33)30(15-24(32)31(21)26)14-17-7-6-10-37-17/h4-5,8-9,11-12,17,21,26,29H,6-7,10,13-15H2,1-3H3/t17-,21-,26+/m1/s1. The number of carbonyl (C=O) groups is 2. The molecule has 3 atom stereocenters. The largest absolute Gasteiger partial charge is 0.493 e. The van der Waals surface area contributed by atoms with Crippen molar-refractivity contribution in [2.45, 2.75) is 37.5 Å². The first-order chi connectivity index (χ1) is 18.0. The Bertz CT molecular complexity index is 1340. The molecule has 1 aromatic heterocycles. The Morgan fingerprint density at radius 3 is 2.49 bits per heavy atom. The fourth-order valence-electron chi connectivity index (χ4n) is 6.12. The third kappa shape index (κ3) is 3.80. The van der Waals surface area contributed by atoms with E-state index in [4.69, 9.17) is 18.9 Å². The van der Waals surface area contributed by atoms with Crippen LogP contribution in [0.1, 0.15) is 35.7 Å². The fourth-order valence-corrected chi connectivity index (χ4v) is 6.12. The zero-order valence-corrected chi connectivity index (χ0v) is 21.3. The first-order valence-electron chi connectivity index (χ1n) is 12.6. The Kier molecular flexibility index (Phi) is 5.95. The predicted molar refractivity (Wildman–Crippen MR) is 136 cm³/mol. The van der Waals surface area contributed by atoms with Crippen LogP contribution in [0.4, 0.5) is 0 Å². The Balaban J connectivity index is 1.49. The van der Waals surface area contributed by atoms with Crippen LogP contribution >= 0.6 is 0 Å². The number of hydrogen-bond donors (Lipinski definition) is 1. The van der Waals surface area contributed by atoms with Gasteiger partial charge >= 0.3 is 0 Å². The van der Waals surface area contributed by atoms with Crippen molar-refractivity contribution in [1.29, 1.82) is 0 Å². The summed E-state index contributed by atoms with van der Waals surface area (Å²) in [5.41, 5.74) is 3.71. The number of ether oxygens (including phenoxy) is 4. The van der Waals surface area contributed by atoms with Gasteiger partial charge in [-0.1, -0.05) is 18.2 Å². The van der Waals surface area contributed by atoms with Gasteiger partial charge in [-0.05, 0) is 42.2 Å². The van der Waals surface area contributed by atoms with Crippen LogP contribution in [0.15, 0.2) is 36.4 Å². The number of H-pyrrole nitrogens is 1. The summed E-state index contributed by atoms with van der Waals surface area (Å²) in [4.78, 5) is 34.7. The Morgan fingerprint density at radius 2 is 1.81 bits per heavy atom. The van der Waals surface area contributed by atoms with Crippen molar-refractivity contribution in [2.75, 3.05) is 41.0 Å². The molecule has 6 rings (SSSR count). The van der Waals surface area contributed by atoms with Crippen LogP contribution in [0.5, 0.6) is 17.2 Å². The van der Waals surface area contributed by atoms with Crippen LogP contribution in [-0.2, 0) is 20.7 Å². The maximum atomic E-state index is 13.9. The summed E-state index contributed by atoms with van der Waals surface area (Å²) in [5, 5.41) is 1.06. The average molecular weight is 506 g/mol. The van der Waals surface area contributed by atoms with Crippen LogP contribution in [0.25, 0.3) is 10.9 Å². The molecule has 37 heavy (non-hydrogen) atoms. The van der Waals surface area contributed by atoms with E-state index in [0.29, 0.717) is 36.8 Å². The van der Waals surface area contributed by atoms with Gasteiger partial charge in [0.05, 0.1) is 40.0 Å². The lowest BCUT2D eigenvalue weighted by atomic mass is 9.86. The highest BCUT2D eigenvalue weighted by Crippen LogP contribution is 2.47. The molecular formula is C28H31N3O6. The summed E-state index contributed by atoms with van der Waals surface area (Å²) in [6, 6.07) is 10.6. The summed E-state index contributed by atoms with van der Waals surface area (Å²) < 4.78 is 22.6. The number of nitrogens with zero attached hydrogens (tertiary/aromatic N) is 2. The van der Waals surface area contributed by atoms with E-state index in [1.165, 1.54) is 0 Å². The molecule has 0 radical (unpaired) electrons. The minimum Gasteiger partial charge on any atom is -0.493 e. The zero-order valence-electron chi connectivity index (χ0n) is 21.3. The maximum Gasteiger partial charge on any atom is 0.246 e. The molecule has 9 nitrogen and oxygen atoms in total. The summed E-state index contributed by atoms with van der Waals surface area (Å²) in [7, 11) is 4.69. The van der Waals surface area contributed by atoms with Gasteiger partial charge < -0.3 is 33.7 Å². The molecule has 0 spiro atoms. The lowest BCUT2D eigenvalue weighted by molar-refractivity contribution is -0.159. The number of methoxy groups -OCH3 is 3. The second kappa shape index (κ2) is 9.30.